The molecule has 114 valence electrons. The first-order chi connectivity index (χ1) is 11.2. The minimum atomic E-state index is -0.0525. The Morgan fingerprint density at radius 2 is 1.83 bits per heavy atom. The Hall–Kier alpha value is -1.99. The van der Waals surface area contributed by atoms with E-state index in [4.69, 9.17) is 0 Å². The van der Waals surface area contributed by atoms with Crippen molar-refractivity contribution >= 4 is 43.5 Å². The topological polar surface area (TPSA) is 55.6 Å². The van der Waals surface area contributed by atoms with Crippen molar-refractivity contribution in [3.63, 3.8) is 0 Å². The van der Waals surface area contributed by atoms with Crippen LogP contribution in [0.1, 0.15) is 17.2 Å². The smallest absolute Gasteiger partial charge is 0.248 e. The molecule has 2 aromatic carbocycles. The fourth-order valence-electron chi connectivity index (χ4n) is 2.58. The summed E-state index contributed by atoms with van der Waals surface area (Å²) in [5.41, 5.74) is 3.19. The van der Waals surface area contributed by atoms with Gasteiger partial charge in [-0.25, -0.2) is 0 Å². The van der Waals surface area contributed by atoms with Crippen molar-refractivity contribution in [1.29, 1.82) is 0 Å². The van der Waals surface area contributed by atoms with Crippen molar-refractivity contribution in [3.05, 3.63) is 74.7 Å². The molecule has 0 fully saturated rings. The molecule has 0 saturated carbocycles. The summed E-state index contributed by atoms with van der Waals surface area (Å²) in [5.74, 6) is 0.635. The molecule has 1 N–H and O–H groups in total. The van der Waals surface area contributed by atoms with E-state index in [1.54, 1.807) is 4.68 Å². The van der Waals surface area contributed by atoms with Crippen LogP contribution in [0.25, 0.3) is 5.70 Å². The second kappa shape index (κ2) is 5.90. The molecule has 3 aromatic rings. The zero-order valence-electron chi connectivity index (χ0n) is 11.8. The van der Waals surface area contributed by atoms with E-state index >= 15 is 0 Å². The first-order valence-electron chi connectivity index (χ1n) is 6.99. The van der Waals surface area contributed by atoms with E-state index in [2.05, 4.69) is 83.0 Å². The zero-order valence-corrected chi connectivity index (χ0v) is 15.0. The molecule has 0 radical (unpaired) electrons. The van der Waals surface area contributed by atoms with Gasteiger partial charge in [0.2, 0.25) is 5.95 Å². The van der Waals surface area contributed by atoms with Gasteiger partial charge in [-0.3, -0.25) is 0 Å². The maximum atomic E-state index is 4.11. The van der Waals surface area contributed by atoms with Crippen LogP contribution in [0.5, 0.6) is 0 Å². The zero-order chi connectivity index (χ0) is 15.8. The van der Waals surface area contributed by atoms with Crippen molar-refractivity contribution in [2.45, 2.75) is 6.04 Å². The highest BCUT2D eigenvalue weighted by Crippen LogP contribution is 2.32. The van der Waals surface area contributed by atoms with Gasteiger partial charge in [0, 0.05) is 14.6 Å². The predicted molar refractivity (Wildman–Crippen MR) is 95.8 cm³/mol. The number of tetrazole rings is 1. The largest absolute Gasteiger partial charge is 0.323 e. The highest BCUT2D eigenvalue weighted by Gasteiger charge is 2.24. The molecule has 1 unspecified atom stereocenters. The van der Waals surface area contributed by atoms with Crippen LogP contribution in [0.3, 0.4) is 0 Å². The number of halogens is 2. The van der Waals surface area contributed by atoms with Crippen LogP contribution in [0.15, 0.2) is 63.6 Å². The summed E-state index contributed by atoms with van der Waals surface area (Å²) in [6.45, 7) is 0. The number of aromatic nitrogens is 4. The molecule has 0 bridgehead atoms. The van der Waals surface area contributed by atoms with Crippen LogP contribution >= 0.6 is 31.9 Å². The molecular weight excluding hydrogens is 422 g/mol. The normalized spacial score (nSPS) is 16.4. The first kappa shape index (κ1) is 14.6. The average Bonchev–Trinajstić information content (AvgIpc) is 3.03. The molecule has 7 heteroatoms. The first-order valence-corrected chi connectivity index (χ1v) is 8.57. The van der Waals surface area contributed by atoms with Crippen molar-refractivity contribution in [2.24, 2.45) is 0 Å². The fourth-order valence-corrected chi connectivity index (χ4v) is 3.24. The Balaban J connectivity index is 1.81. The highest BCUT2D eigenvalue weighted by molar-refractivity contribution is 9.10. The van der Waals surface area contributed by atoms with E-state index in [0.29, 0.717) is 5.95 Å². The third kappa shape index (κ3) is 2.82. The van der Waals surface area contributed by atoms with Crippen molar-refractivity contribution in [3.8, 4) is 0 Å². The quantitative estimate of drug-likeness (QED) is 0.657. The molecule has 1 aromatic heterocycles. The van der Waals surface area contributed by atoms with Gasteiger partial charge in [0.05, 0.1) is 0 Å². The number of fused-ring (bicyclic) bond motifs is 1. The molecule has 2 heterocycles. The van der Waals surface area contributed by atoms with E-state index in [-0.39, 0.29) is 6.04 Å². The van der Waals surface area contributed by atoms with E-state index in [0.717, 1.165) is 25.8 Å². The number of hydrogen-bond acceptors (Lipinski definition) is 4. The molecule has 4 rings (SSSR count). The standard InChI is InChI=1S/C16H11Br2N5/c17-12-6-4-10(5-7-12)15-9-14(11-2-1-3-13(18)8-11)19-16-20-21-22-23(15)16/h1-9,15H,(H,19,20,22). The van der Waals surface area contributed by atoms with Gasteiger partial charge in [-0.15, -0.1) is 0 Å². The minimum Gasteiger partial charge on any atom is -0.323 e. The molecule has 0 amide bonds. The molecule has 0 spiro atoms. The molecule has 1 atom stereocenters. The van der Waals surface area contributed by atoms with Gasteiger partial charge in [-0.2, -0.15) is 4.68 Å². The Kier molecular flexibility index (Phi) is 3.74. The maximum absolute atomic E-state index is 4.11. The van der Waals surface area contributed by atoms with E-state index in [9.17, 15) is 0 Å². The third-order valence-corrected chi connectivity index (χ3v) is 4.70. The van der Waals surface area contributed by atoms with Crippen LogP contribution in [-0.4, -0.2) is 20.2 Å². The Morgan fingerprint density at radius 3 is 2.61 bits per heavy atom. The number of allylic oxidation sites excluding steroid dienone is 1. The van der Waals surface area contributed by atoms with Gasteiger partial charge in [-0.1, -0.05) is 61.2 Å². The lowest BCUT2D eigenvalue weighted by Gasteiger charge is -2.23. The Labute approximate surface area is 149 Å². The van der Waals surface area contributed by atoms with Gasteiger partial charge in [0.15, 0.2) is 0 Å². The summed E-state index contributed by atoms with van der Waals surface area (Å²) in [5, 5.41) is 15.3. The van der Waals surface area contributed by atoms with Gasteiger partial charge in [0.25, 0.3) is 0 Å². The average molecular weight is 433 g/mol. The summed E-state index contributed by atoms with van der Waals surface area (Å²) in [6.07, 6.45) is 2.13. The highest BCUT2D eigenvalue weighted by atomic mass is 79.9. The summed E-state index contributed by atoms with van der Waals surface area (Å²) < 4.78 is 3.86. The molecule has 5 nitrogen and oxygen atoms in total. The Bertz CT molecular complexity index is 885. The molecule has 0 aliphatic carbocycles. The van der Waals surface area contributed by atoms with E-state index < -0.39 is 0 Å². The number of rotatable bonds is 2. The Morgan fingerprint density at radius 1 is 1.00 bits per heavy atom. The summed E-state index contributed by atoms with van der Waals surface area (Å²) in [7, 11) is 0. The molecule has 23 heavy (non-hydrogen) atoms. The van der Waals surface area contributed by atoms with Crippen LogP contribution < -0.4 is 5.32 Å². The monoisotopic (exact) mass is 431 g/mol. The molecule has 0 saturated heterocycles. The minimum absolute atomic E-state index is 0.0525. The van der Waals surface area contributed by atoms with E-state index in [1.807, 2.05) is 24.3 Å². The number of nitrogens with one attached hydrogen (secondary N) is 1. The number of benzene rings is 2. The summed E-state index contributed by atoms with van der Waals surface area (Å²) in [4.78, 5) is 0. The van der Waals surface area contributed by atoms with Crippen LogP contribution in [0.4, 0.5) is 5.95 Å². The summed E-state index contributed by atoms with van der Waals surface area (Å²) >= 11 is 6.99. The van der Waals surface area contributed by atoms with Crippen molar-refractivity contribution in [2.75, 3.05) is 5.32 Å². The molecule has 1 aliphatic heterocycles. The van der Waals surface area contributed by atoms with Crippen LogP contribution in [-0.2, 0) is 0 Å². The summed E-state index contributed by atoms with van der Waals surface area (Å²) in [6, 6.07) is 16.3. The van der Waals surface area contributed by atoms with Crippen LogP contribution in [0.2, 0.25) is 0 Å². The lowest BCUT2D eigenvalue weighted by Crippen LogP contribution is -2.20. The molecular formula is C16H11Br2N5. The number of hydrogen-bond donors (Lipinski definition) is 1. The van der Waals surface area contributed by atoms with Gasteiger partial charge in [-0.05, 0) is 51.9 Å². The lowest BCUT2D eigenvalue weighted by molar-refractivity contribution is 0.586. The van der Waals surface area contributed by atoms with Crippen molar-refractivity contribution < 1.29 is 0 Å². The second-order valence-electron chi connectivity index (χ2n) is 5.16. The number of anilines is 1. The van der Waals surface area contributed by atoms with Gasteiger partial charge < -0.3 is 5.32 Å². The van der Waals surface area contributed by atoms with Gasteiger partial charge >= 0.3 is 0 Å². The maximum Gasteiger partial charge on any atom is 0.248 e. The third-order valence-electron chi connectivity index (χ3n) is 3.67. The van der Waals surface area contributed by atoms with Crippen LogP contribution in [0, 0.1) is 0 Å². The number of nitrogens with zero attached hydrogens (tertiary/aromatic N) is 4. The van der Waals surface area contributed by atoms with Gasteiger partial charge in [0.1, 0.15) is 6.04 Å². The fraction of sp³-hybridized carbons (Fsp3) is 0.0625. The second-order valence-corrected chi connectivity index (χ2v) is 6.99. The van der Waals surface area contributed by atoms with Crippen molar-refractivity contribution in [1.82, 2.24) is 20.2 Å². The SMILES string of the molecule is Brc1ccc(C2C=C(c3cccc(Br)c3)Nc3nnnn32)cc1. The lowest BCUT2D eigenvalue weighted by atomic mass is 10.0. The molecule has 1 aliphatic rings. The van der Waals surface area contributed by atoms with E-state index in [1.165, 1.54) is 0 Å². The predicted octanol–water partition coefficient (Wildman–Crippen LogP) is 4.25.